The molecule has 1 aliphatic rings. The molecule has 43 heavy (non-hydrogen) atoms. The van der Waals surface area contributed by atoms with Crippen LogP contribution in [0, 0.1) is 11.8 Å². The van der Waals surface area contributed by atoms with Crippen LogP contribution >= 0.6 is 0 Å². The first kappa shape index (κ1) is 33.9. The molecule has 9 heteroatoms. The molecule has 5 atom stereocenters. The second-order valence-corrected chi connectivity index (χ2v) is 12.6. The number of benzene rings is 2. The zero-order valence-corrected chi connectivity index (χ0v) is 26.1. The first-order chi connectivity index (χ1) is 20.4. The zero-order valence-electron chi connectivity index (χ0n) is 26.1. The molecule has 3 rings (SSSR count). The molecule has 1 heterocycles. The summed E-state index contributed by atoms with van der Waals surface area (Å²) in [4.78, 5) is 53.6. The van der Waals surface area contributed by atoms with Gasteiger partial charge in [0.25, 0.3) is 0 Å². The van der Waals surface area contributed by atoms with Crippen molar-refractivity contribution in [2.45, 2.75) is 96.5 Å². The Bertz CT molecular complexity index is 1210. The minimum Gasteiger partial charge on any atom is -0.361 e. The molecule has 0 saturated carbocycles. The van der Waals surface area contributed by atoms with Gasteiger partial charge in [0.1, 0.15) is 17.7 Å². The van der Waals surface area contributed by atoms with E-state index in [1.165, 1.54) is 0 Å². The molecule has 1 saturated heterocycles. The van der Waals surface area contributed by atoms with Crippen LogP contribution in [0.2, 0.25) is 0 Å². The molecular formula is C34H48N4O5. The number of hydrogen-bond acceptors (Lipinski definition) is 6. The highest BCUT2D eigenvalue weighted by molar-refractivity contribution is 5.98. The summed E-state index contributed by atoms with van der Waals surface area (Å²) in [5.74, 6) is -1.29. The molecule has 5 N–H and O–H groups in total. The third-order valence-electron chi connectivity index (χ3n) is 7.62. The smallest absolute Gasteiger partial charge is 0.243 e. The van der Waals surface area contributed by atoms with Crippen LogP contribution < -0.4 is 21.7 Å². The first-order valence-electron chi connectivity index (χ1n) is 15.3. The molecule has 2 aromatic carbocycles. The topological polar surface area (TPSA) is 143 Å². The van der Waals surface area contributed by atoms with Gasteiger partial charge in [-0.3, -0.25) is 19.2 Å². The number of aryl methyl sites for hydroxylation is 1. The molecule has 1 unspecified atom stereocenters. The lowest BCUT2D eigenvalue weighted by Crippen LogP contribution is -2.58. The van der Waals surface area contributed by atoms with Gasteiger partial charge < -0.3 is 26.4 Å². The van der Waals surface area contributed by atoms with Gasteiger partial charge in [0, 0.05) is 6.42 Å². The summed E-state index contributed by atoms with van der Waals surface area (Å²) >= 11 is 0. The van der Waals surface area contributed by atoms with E-state index in [9.17, 15) is 19.2 Å². The van der Waals surface area contributed by atoms with Crippen molar-refractivity contribution in [3.05, 3.63) is 71.8 Å². The Labute approximate surface area is 255 Å². The number of ketones is 1. The molecule has 0 bridgehead atoms. The van der Waals surface area contributed by atoms with Gasteiger partial charge in [-0.25, -0.2) is 0 Å². The third kappa shape index (κ3) is 10.9. The Kier molecular flexibility index (Phi) is 12.5. The summed E-state index contributed by atoms with van der Waals surface area (Å²) in [6, 6.07) is 15.7. The predicted octanol–water partition coefficient (Wildman–Crippen LogP) is 3.09. The standard InChI is InChI=1S/C34H48N4O5/c1-22(2)18-27(30(39)34(5)21-43-34)36-33(42)29(20-25-14-10-7-11-15-25)38-32(41)28(19-23(3)4)37-31(40)26(35)17-16-24-12-8-6-9-13-24/h6-15,22-23,26-29H,16-21,35H2,1-5H3,(H,36,42)(H,37,40)(H,38,41)/t26-,27+,28-,29-,34?/m0/s1. The normalized spacial score (nSPS) is 18.8. The van der Waals surface area contributed by atoms with Gasteiger partial charge in [0.15, 0.2) is 5.78 Å². The lowest BCUT2D eigenvalue weighted by atomic mass is 9.93. The van der Waals surface area contributed by atoms with Gasteiger partial charge in [0.05, 0.1) is 18.7 Å². The molecule has 0 radical (unpaired) electrons. The van der Waals surface area contributed by atoms with Crippen LogP contribution in [0.1, 0.15) is 65.0 Å². The van der Waals surface area contributed by atoms with E-state index in [1.54, 1.807) is 6.92 Å². The van der Waals surface area contributed by atoms with Crippen molar-refractivity contribution in [3.8, 4) is 0 Å². The van der Waals surface area contributed by atoms with Crippen LogP contribution in [0.5, 0.6) is 0 Å². The number of nitrogens with two attached hydrogens (primary N) is 1. The van der Waals surface area contributed by atoms with E-state index >= 15 is 0 Å². The summed E-state index contributed by atoms with van der Waals surface area (Å²) in [6.45, 7) is 9.93. The largest absolute Gasteiger partial charge is 0.361 e. The number of epoxide rings is 1. The summed E-state index contributed by atoms with van der Waals surface area (Å²) in [6.07, 6.45) is 2.10. The van der Waals surface area contributed by atoms with Gasteiger partial charge in [-0.1, -0.05) is 88.4 Å². The highest BCUT2D eigenvalue weighted by Gasteiger charge is 2.50. The summed E-state index contributed by atoms with van der Waals surface area (Å²) in [5.41, 5.74) is 7.24. The van der Waals surface area contributed by atoms with Crippen LogP contribution in [0.4, 0.5) is 0 Å². The third-order valence-corrected chi connectivity index (χ3v) is 7.62. The van der Waals surface area contributed by atoms with Crippen LogP contribution in [0.15, 0.2) is 60.7 Å². The molecule has 234 valence electrons. The number of rotatable bonds is 17. The maximum absolute atomic E-state index is 13.7. The lowest BCUT2D eigenvalue weighted by molar-refractivity contribution is -0.134. The van der Waals surface area contributed by atoms with E-state index in [0.29, 0.717) is 32.3 Å². The monoisotopic (exact) mass is 592 g/mol. The number of Topliss-reactive ketones (excluding diaryl/α,β-unsaturated/α-hetero) is 1. The number of carbonyl (C=O) groups is 4. The molecule has 1 aliphatic heterocycles. The predicted molar refractivity (Wildman–Crippen MR) is 167 cm³/mol. The molecule has 1 fully saturated rings. The first-order valence-corrected chi connectivity index (χ1v) is 15.3. The average molecular weight is 593 g/mol. The van der Waals surface area contributed by atoms with Crippen molar-refractivity contribution in [3.63, 3.8) is 0 Å². The summed E-state index contributed by atoms with van der Waals surface area (Å²) in [7, 11) is 0. The Morgan fingerprint density at radius 3 is 1.74 bits per heavy atom. The molecule has 9 nitrogen and oxygen atoms in total. The van der Waals surface area contributed by atoms with Crippen molar-refractivity contribution in [1.82, 2.24) is 16.0 Å². The number of hydrogen-bond donors (Lipinski definition) is 4. The number of carbonyl (C=O) groups excluding carboxylic acids is 4. The number of amides is 3. The van der Waals surface area contributed by atoms with Crippen molar-refractivity contribution in [2.75, 3.05) is 6.61 Å². The highest BCUT2D eigenvalue weighted by atomic mass is 16.6. The maximum Gasteiger partial charge on any atom is 0.243 e. The Morgan fingerprint density at radius 1 is 0.744 bits per heavy atom. The maximum atomic E-state index is 13.7. The van der Waals surface area contributed by atoms with Gasteiger partial charge in [-0.15, -0.1) is 0 Å². The number of nitrogens with one attached hydrogen (secondary N) is 3. The Morgan fingerprint density at radius 2 is 1.21 bits per heavy atom. The van der Waals surface area contributed by atoms with E-state index in [1.807, 2.05) is 88.4 Å². The van der Waals surface area contributed by atoms with Crippen molar-refractivity contribution in [2.24, 2.45) is 17.6 Å². The SMILES string of the molecule is CC(C)C[C@H](NC(=O)[C@@H](N)CCc1ccccc1)C(=O)N[C@@H](Cc1ccccc1)C(=O)N[C@H](CC(C)C)C(=O)C1(C)CO1. The minimum absolute atomic E-state index is 0.0883. The fourth-order valence-corrected chi connectivity index (χ4v) is 5.01. The van der Waals surface area contributed by atoms with Gasteiger partial charge >= 0.3 is 0 Å². The van der Waals surface area contributed by atoms with Crippen LogP contribution in [-0.4, -0.2) is 59.9 Å². The van der Waals surface area contributed by atoms with E-state index in [0.717, 1.165) is 11.1 Å². The lowest BCUT2D eigenvalue weighted by Gasteiger charge is -2.27. The molecule has 0 spiro atoms. The van der Waals surface area contributed by atoms with Crippen molar-refractivity contribution >= 4 is 23.5 Å². The van der Waals surface area contributed by atoms with Crippen molar-refractivity contribution < 1.29 is 23.9 Å². The molecule has 0 aromatic heterocycles. The summed E-state index contributed by atoms with van der Waals surface area (Å²) in [5, 5.41) is 8.60. The van der Waals surface area contributed by atoms with Gasteiger partial charge in [0.2, 0.25) is 17.7 Å². The second kappa shape index (κ2) is 15.8. The Hall–Kier alpha value is -3.56. The van der Waals surface area contributed by atoms with E-state index in [-0.39, 0.29) is 24.0 Å². The van der Waals surface area contributed by atoms with E-state index in [2.05, 4.69) is 16.0 Å². The highest BCUT2D eigenvalue weighted by Crippen LogP contribution is 2.29. The summed E-state index contributed by atoms with van der Waals surface area (Å²) < 4.78 is 5.37. The second-order valence-electron chi connectivity index (χ2n) is 12.6. The van der Waals surface area contributed by atoms with Gasteiger partial charge in [-0.05, 0) is 55.6 Å². The van der Waals surface area contributed by atoms with Crippen LogP contribution in [0.3, 0.4) is 0 Å². The number of ether oxygens (including phenoxy) is 1. The van der Waals surface area contributed by atoms with Crippen LogP contribution in [-0.2, 0) is 36.8 Å². The molecular weight excluding hydrogens is 544 g/mol. The van der Waals surface area contributed by atoms with Crippen molar-refractivity contribution in [1.29, 1.82) is 0 Å². The fraction of sp³-hybridized carbons (Fsp3) is 0.529. The molecule has 2 aromatic rings. The average Bonchev–Trinajstić information content (AvgIpc) is 3.73. The fourth-order valence-electron chi connectivity index (χ4n) is 5.01. The minimum atomic E-state index is -0.969. The van der Waals surface area contributed by atoms with E-state index < -0.39 is 47.5 Å². The molecule has 0 aliphatic carbocycles. The van der Waals surface area contributed by atoms with Crippen LogP contribution in [0.25, 0.3) is 0 Å². The molecule has 3 amide bonds. The van der Waals surface area contributed by atoms with Gasteiger partial charge in [-0.2, -0.15) is 0 Å². The Balaban J connectivity index is 1.74. The van der Waals surface area contributed by atoms with E-state index in [4.69, 9.17) is 10.5 Å². The zero-order chi connectivity index (χ0) is 31.6. The quantitative estimate of drug-likeness (QED) is 0.208.